The van der Waals surface area contributed by atoms with Gasteiger partial charge in [-0.05, 0) is 37.2 Å². The number of hydrogen-bond donors (Lipinski definition) is 1. The van der Waals surface area contributed by atoms with E-state index in [2.05, 4.69) is 15.7 Å². The molecule has 0 spiro atoms. The molecule has 0 bridgehead atoms. The van der Waals surface area contributed by atoms with Crippen LogP contribution in [0.4, 0.5) is 0 Å². The summed E-state index contributed by atoms with van der Waals surface area (Å²) in [6, 6.07) is -0.0148. The predicted molar refractivity (Wildman–Crippen MR) is 53.4 cm³/mol. The van der Waals surface area contributed by atoms with Crippen LogP contribution in [-0.2, 0) is 0 Å². The first-order valence-corrected chi connectivity index (χ1v) is 5.43. The first kappa shape index (κ1) is 8.84. The highest BCUT2D eigenvalue weighted by molar-refractivity contribution is 7.03. The van der Waals surface area contributed by atoms with Crippen LogP contribution in [0.3, 0.4) is 0 Å². The van der Waals surface area contributed by atoms with Gasteiger partial charge < -0.3 is 5.73 Å². The Balaban J connectivity index is 2.12. The number of nitrogens with two attached hydrogens (primary N) is 1. The molecule has 70 valence electrons. The van der Waals surface area contributed by atoms with Gasteiger partial charge >= 0.3 is 0 Å². The standard InChI is InChI=1S/C9H13N3S/c10-9(8-6-13-12-11-8)7-4-2-1-3-5-7/h4,6,9H,1-3,5,10H2. The van der Waals surface area contributed by atoms with Gasteiger partial charge in [0.1, 0.15) is 0 Å². The molecule has 1 aromatic rings. The van der Waals surface area contributed by atoms with E-state index < -0.39 is 0 Å². The van der Waals surface area contributed by atoms with E-state index in [0.717, 1.165) is 12.1 Å². The molecule has 13 heavy (non-hydrogen) atoms. The normalized spacial score (nSPS) is 19.6. The number of allylic oxidation sites excluding steroid dienone is 1. The van der Waals surface area contributed by atoms with Crippen LogP contribution >= 0.6 is 11.5 Å². The molecule has 0 amide bonds. The van der Waals surface area contributed by atoms with E-state index >= 15 is 0 Å². The fourth-order valence-electron chi connectivity index (χ4n) is 1.64. The molecule has 0 aromatic carbocycles. The number of hydrogen-bond acceptors (Lipinski definition) is 4. The van der Waals surface area contributed by atoms with Gasteiger partial charge in [0, 0.05) is 5.38 Å². The summed E-state index contributed by atoms with van der Waals surface area (Å²) in [7, 11) is 0. The molecule has 2 rings (SSSR count). The minimum Gasteiger partial charge on any atom is -0.319 e. The molecule has 1 aliphatic rings. The third kappa shape index (κ3) is 1.95. The van der Waals surface area contributed by atoms with Crippen molar-refractivity contribution in [2.75, 3.05) is 0 Å². The van der Waals surface area contributed by atoms with Crippen LogP contribution in [0.25, 0.3) is 0 Å². The van der Waals surface area contributed by atoms with E-state index in [1.54, 1.807) is 0 Å². The molecule has 1 unspecified atom stereocenters. The highest BCUT2D eigenvalue weighted by Crippen LogP contribution is 2.27. The van der Waals surface area contributed by atoms with Gasteiger partial charge in [-0.3, -0.25) is 0 Å². The summed E-state index contributed by atoms with van der Waals surface area (Å²) in [5.74, 6) is 0. The maximum Gasteiger partial charge on any atom is 0.0964 e. The molecule has 0 saturated carbocycles. The second kappa shape index (κ2) is 3.98. The Morgan fingerprint density at radius 1 is 1.46 bits per heavy atom. The molecular formula is C9H13N3S. The molecule has 0 fully saturated rings. The second-order valence-electron chi connectivity index (χ2n) is 3.33. The van der Waals surface area contributed by atoms with Crippen molar-refractivity contribution in [1.82, 2.24) is 9.59 Å². The Labute approximate surface area is 81.8 Å². The molecule has 1 aliphatic carbocycles. The summed E-state index contributed by atoms with van der Waals surface area (Å²) in [4.78, 5) is 0. The Hall–Kier alpha value is -0.740. The largest absolute Gasteiger partial charge is 0.319 e. The molecule has 1 atom stereocenters. The Morgan fingerprint density at radius 3 is 3.00 bits per heavy atom. The van der Waals surface area contributed by atoms with Crippen molar-refractivity contribution in [2.24, 2.45) is 5.73 Å². The van der Waals surface area contributed by atoms with Gasteiger partial charge in [0.15, 0.2) is 0 Å². The van der Waals surface area contributed by atoms with E-state index in [1.165, 1.54) is 36.4 Å². The Morgan fingerprint density at radius 2 is 2.38 bits per heavy atom. The Kier molecular flexibility index (Phi) is 2.71. The highest BCUT2D eigenvalue weighted by Gasteiger charge is 2.15. The van der Waals surface area contributed by atoms with Crippen molar-refractivity contribution >= 4 is 11.5 Å². The lowest BCUT2D eigenvalue weighted by atomic mass is 9.93. The fraction of sp³-hybridized carbons (Fsp3) is 0.556. The molecule has 4 heteroatoms. The number of nitrogens with zero attached hydrogens (tertiary/aromatic N) is 2. The van der Waals surface area contributed by atoms with Crippen molar-refractivity contribution in [2.45, 2.75) is 31.7 Å². The first-order chi connectivity index (χ1) is 6.38. The topological polar surface area (TPSA) is 51.8 Å². The number of aromatic nitrogens is 2. The third-order valence-electron chi connectivity index (χ3n) is 2.42. The zero-order valence-corrected chi connectivity index (χ0v) is 8.26. The lowest BCUT2D eigenvalue weighted by molar-refractivity contribution is 0.640. The minimum atomic E-state index is -0.0148. The zero-order chi connectivity index (χ0) is 9.10. The molecule has 0 radical (unpaired) electrons. The molecular weight excluding hydrogens is 182 g/mol. The van der Waals surface area contributed by atoms with E-state index in [-0.39, 0.29) is 6.04 Å². The van der Waals surface area contributed by atoms with Crippen LogP contribution in [0.5, 0.6) is 0 Å². The summed E-state index contributed by atoms with van der Waals surface area (Å²) in [6.07, 6.45) is 7.11. The van der Waals surface area contributed by atoms with E-state index in [0.29, 0.717) is 0 Å². The van der Waals surface area contributed by atoms with Crippen LogP contribution in [0.15, 0.2) is 17.0 Å². The van der Waals surface area contributed by atoms with E-state index in [1.807, 2.05) is 5.38 Å². The molecule has 1 aromatic heterocycles. The monoisotopic (exact) mass is 195 g/mol. The number of rotatable bonds is 2. The summed E-state index contributed by atoms with van der Waals surface area (Å²) in [6.45, 7) is 0. The van der Waals surface area contributed by atoms with Crippen LogP contribution in [0.2, 0.25) is 0 Å². The summed E-state index contributed by atoms with van der Waals surface area (Å²) in [5.41, 5.74) is 8.30. The summed E-state index contributed by atoms with van der Waals surface area (Å²) >= 11 is 1.36. The average Bonchev–Trinajstić information content (AvgIpc) is 2.71. The van der Waals surface area contributed by atoms with Crippen LogP contribution in [0, 0.1) is 0 Å². The maximum atomic E-state index is 6.05. The Bertz CT molecular complexity index is 292. The minimum absolute atomic E-state index is 0.0148. The molecule has 3 nitrogen and oxygen atoms in total. The first-order valence-electron chi connectivity index (χ1n) is 4.59. The lowest BCUT2D eigenvalue weighted by Gasteiger charge is -2.17. The van der Waals surface area contributed by atoms with E-state index in [9.17, 15) is 0 Å². The summed E-state index contributed by atoms with van der Waals surface area (Å²) < 4.78 is 3.82. The predicted octanol–water partition coefficient (Wildman–Crippen LogP) is 2.04. The van der Waals surface area contributed by atoms with Crippen molar-refractivity contribution in [3.05, 3.63) is 22.7 Å². The van der Waals surface area contributed by atoms with Gasteiger partial charge in [-0.15, -0.1) is 5.10 Å². The van der Waals surface area contributed by atoms with Gasteiger partial charge in [0.05, 0.1) is 11.7 Å². The summed E-state index contributed by atoms with van der Waals surface area (Å²) in [5, 5.41) is 5.92. The quantitative estimate of drug-likeness (QED) is 0.735. The molecule has 0 aliphatic heterocycles. The SMILES string of the molecule is NC(C1=CCCCC1)c1csnn1. The van der Waals surface area contributed by atoms with Gasteiger partial charge in [-0.25, -0.2) is 0 Å². The van der Waals surface area contributed by atoms with Crippen molar-refractivity contribution < 1.29 is 0 Å². The van der Waals surface area contributed by atoms with Crippen LogP contribution in [0.1, 0.15) is 37.4 Å². The van der Waals surface area contributed by atoms with Gasteiger partial charge in [-0.1, -0.05) is 16.1 Å². The molecule has 0 saturated heterocycles. The van der Waals surface area contributed by atoms with Crippen molar-refractivity contribution in [1.29, 1.82) is 0 Å². The van der Waals surface area contributed by atoms with Crippen molar-refractivity contribution in [3.8, 4) is 0 Å². The van der Waals surface area contributed by atoms with Gasteiger partial charge in [0.25, 0.3) is 0 Å². The van der Waals surface area contributed by atoms with Crippen molar-refractivity contribution in [3.63, 3.8) is 0 Å². The molecule has 1 heterocycles. The second-order valence-corrected chi connectivity index (χ2v) is 3.94. The highest BCUT2D eigenvalue weighted by atomic mass is 32.1. The lowest BCUT2D eigenvalue weighted by Crippen LogP contribution is -2.15. The van der Waals surface area contributed by atoms with Gasteiger partial charge in [-0.2, -0.15) is 0 Å². The van der Waals surface area contributed by atoms with Crippen LogP contribution < -0.4 is 5.73 Å². The smallest absolute Gasteiger partial charge is 0.0964 e. The third-order valence-corrected chi connectivity index (χ3v) is 2.94. The van der Waals surface area contributed by atoms with Gasteiger partial charge in [0.2, 0.25) is 0 Å². The zero-order valence-electron chi connectivity index (χ0n) is 7.44. The molecule has 2 N–H and O–H groups in total. The average molecular weight is 195 g/mol. The fourth-order valence-corrected chi connectivity index (χ4v) is 2.13. The van der Waals surface area contributed by atoms with Crippen LogP contribution in [-0.4, -0.2) is 9.59 Å². The van der Waals surface area contributed by atoms with E-state index in [4.69, 9.17) is 5.73 Å². The maximum absolute atomic E-state index is 6.05.